The first kappa shape index (κ1) is 21.5. The second-order valence-corrected chi connectivity index (χ2v) is 7.94. The summed E-state index contributed by atoms with van der Waals surface area (Å²) in [4.78, 5) is 17.5. The number of nitrogens with zero attached hydrogens (tertiary/aromatic N) is 5. The van der Waals surface area contributed by atoms with Crippen LogP contribution in [0.5, 0.6) is 0 Å². The van der Waals surface area contributed by atoms with E-state index in [9.17, 15) is 5.11 Å². The zero-order chi connectivity index (χ0) is 18.7. The number of rotatable bonds is 3. The molecule has 2 unspecified atom stereocenters. The van der Waals surface area contributed by atoms with Crippen molar-refractivity contribution in [2.75, 3.05) is 50.8 Å². The number of hydrogen-bond donors (Lipinski definition) is 2. The molecule has 4 rings (SSSR count). The van der Waals surface area contributed by atoms with Crippen LogP contribution in [0.25, 0.3) is 0 Å². The highest BCUT2D eigenvalue weighted by Gasteiger charge is 2.48. The maximum atomic E-state index is 10.8. The molecule has 1 saturated carbocycles. The Morgan fingerprint density at radius 3 is 2.54 bits per heavy atom. The highest BCUT2D eigenvalue weighted by Crippen LogP contribution is 2.48. The summed E-state index contributed by atoms with van der Waals surface area (Å²) in [6.45, 7) is 5.42. The van der Waals surface area contributed by atoms with E-state index in [0.717, 1.165) is 71.0 Å². The van der Waals surface area contributed by atoms with Gasteiger partial charge in [0.15, 0.2) is 5.96 Å². The van der Waals surface area contributed by atoms with Gasteiger partial charge in [0.2, 0.25) is 5.95 Å². The molecule has 0 bridgehead atoms. The van der Waals surface area contributed by atoms with Gasteiger partial charge in [-0.1, -0.05) is 0 Å². The second-order valence-electron chi connectivity index (χ2n) is 7.94. The van der Waals surface area contributed by atoms with Crippen LogP contribution < -0.4 is 10.6 Å². The van der Waals surface area contributed by atoms with Gasteiger partial charge in [0.05, 0.1) is 6.10 Å². The molecule has 2 aliphatic heterocycles. The van der Waals surface area contributed by atoms with Crippen LogP contribution in [0.3, 0.4) is 0 Å². The van der Waals surface area contributed by atoms with Crippen molar-refractivity contribution in [3.8, 4) is 0 Å². The van der Waals surface area contributed by atoms with Gasteiger partial charge in [-0.25, -0.2) is 9.97 Å². The number of guanidine groups is 1. The number of ether oxygens (including phenoxy) is 1. The van der Waals surface area contributed by atoms with E-state index < -0.39 is 0 Å². The lowest BCUT2D eigenvalue weighted by atomic mass is 9.76. The maximum Gasteiger partial charge on any atom is 0.225 e. The molecule has 0 amide bonds. The van der Waals surface area contributed by atoms with Crippen LogP contribution in [0.1, 0.15) is 25.7 Å². The summed E-state index contributed by atoms with van der Waals surface area (Å²) in [6, 6.07) is 1.83. The van der Waals surface area contributed by atoms with Crippen molar-refractivity contribution in [1.29, 1.82) is 0 Å². The zero-order valence-electron chi connectivity index (χ0n) is 16.2. The van der Waals surface area contributed by atoms with Gasteiger partial charge in [0.25, 0.3) is 0 Å². The molecule has 1 aromatic heterocycles. The summed E-state index contributed by atoms with van der Waals surface area (Å²) >= 11 is 0. The van der Waals surface area contributed by atoms with Crippen LogP contribution in [0.4, 0.5) is 5.95 Å². The van der Waals surface area contributed by atoms with Gasteiger partial charge in [-0.15, -0.1) is 24.0 Å². The van der Waals surface area contributed by atoms with Crippen molar-refractivity contribution in [3.05, 3.63) is 18.5 Å². The number of aliphatic hydroxyl groups is 1. The molecule has 3 aliphatic rings. The Kier molecular flexibility index (Phi) is 7.32. The minimum Gasteiger partial charge on any atom is -0.392 e. The molecule has 0 aromatic carbocycles. The predicted octanol–water partition coefficient (Wildman–Crippen LogP) is 1.10. The number of aliphatic hydroxyl groups excluding tert-OH is 1. The first-order valence-electron chi connectivity index (χ1n) is 10.0. The van der Waals surface area contributed by atoms with Crippen molar-refractivity contribution in [2.24, 2.45) is 22.1 Å². The van der Waals surface area contributed by atoms with Crippen LogP contribution in [0.2, 0.25) is 0 Å². The summed E-state index contributed by atoms with van der Waals surface area (Å²) in [5.41, 5.74) is 6.30. The lowest BCUT2D eigenvalue weighted by molar-refractivity contribution is -0.0549. The fourth-order valence-electron chi connectivity index (χ4n) is 4.69. The fourth-order valence-corrected chi connectivity index (χ4v) is 4.69. The van der Waals surface area contributed by atoms with Gasteiger partial charge in [0, 0.05) is 69.7 Å². The molecule has 156 valence electrons. The fraction of sp³-hybridized carbons (Fsp3) is 0.737. The molecule has 3 heterocycles. The molecule has 3 N–H and O–H groups in total. The van der Waals surface area contributed by atoms with E-state index in [1.54, 1.807) is 12.4 Å². The Morgan fingerprint density at radius 1 is 1.18 bits per heavy atom. The third kappa shape index (κ3) is 4.51. The normalized spacial score (nSPS) is 27.7. The van der Waals surface area contributed by atoms with Crippen molar-refractivity contribution in [2.45, 2.75) is 31.8 Å². The summed E-state index contributed by atoms with van der Waals surface area (Å²) in [5, 5.41) is 10.8. The number of piperazine rings is 1. The quantitative estimate of drug-likeness (QED) is 0.363. The van der Waals surface area contributed by atoms with Crippen molar-refractivity contribution in [1.82, 2.24) is 14.9 Å². The van der Waals surface area contributed by atoms with Gasteiger partial charge in [-0.2, -0.15) is 0 Å². The SMILES string of the molecule is I.NC(=NCC1CCC2(CCOCC2)C1O)N1CCN(c2ncccn2)CC1. The summed E-state index contributed by atoms with van der Waals surface area (Å²) in [7, 11) is 0. The van der Waals surface area contributed by atoms with Gasteiger partial charge in [-0.3, -0.25) is 4.99 Å². The lowest BCUT2D eigenvalue weighted by Crippen LogP contribution is -2.51. The van der Waals surface area contributed by atoms with Crippen LogP contribution in [-0.2, 0) is 4.74 Å². The van der Waals surface area contributed by atoms with E-state index in [4.69, 9.17) is 10.5 Å². The minimum atomic E-state index is -0.287. The number of hydrogen-bond acceptors (Lipinski definition) is 6. The third-order valence-corrected chi connectivity index (χ3v) is 6.50. The van der Waals surface area contributed by atoms with Crippen LogP contribution in [0.15, 0.2) is 23.5 Å². The molecule has 1 aromatic rings. The van der Waals surface area contributed by atoms with Crippen molar-refractivity contribution in [3.63, 3.8) is 0 Å². The highest BCUT2D eigenvalue weighted by molar-refractivity contribution is 14.0. The van der Waals surface area contributed by atoms with Crippen LogP contribution in [0, 0.1) is 11.3 Å². The summed E-state index contributed by atoms with van der Waals surface area (Å²) < 4.78 is 5.48. The molecule has 1 aliphatic carbocycles. The Hall–Kier alpha value is -1.20. The first-order valence-corrected chi connectivity index (χ1v) is 10.0. The number of halogens is 1. The van der Waals surface area contributed by atoms with Gasteiger partial charge < -0.3 is 25.4 Å². The molecular weight excluding hydrogens is 471 g/mol. The predicted molar refractivity (Wildman–Crippen MR) is 119 cm³/mol. The Balaban J connectivity index is 0.00000225. The van der Waals surface area contributed by atoms with E-state index in [0.29, 0.717) is 12.5 Å². The van der Waals surface area contributed by atoms with E-state index in [1.165, 1.54) is 0 Å². The maximum absolute atomic E-state index is 10.8. The molecule has 9 heteroatoms. The average Bonchev–Trinajstić information content (AvgIpc) is 3.03. The zero-order valence-corrected chi connectivity index (χ0v) is 18.6. The molecule has 0 radical (unpaired) electrons. The highest BCUT2D eigenvalue weighted by atomic mass is 127. The monoisotopic (exact) mass is 502 g/mol. The van der Waals surface area contributed by atoms with Gasteiger partial charge in [0.1, 0.15) is 0 Å². The van der Waals surface area contributed by atoms with Crippen LogP contribution in [-0.4, -0.2) is 78.0 Å². The van der Waals surface area contributed by atoms with E-state index in [1.807, 2.05) is 6.07 Å². The topological polar surface area (TPSA) is 100 Å². The Morgan fingerprint density at radius 2 is 1.86 bits per heavy atom. The molecule has 8 nitrogen and oxygen atoms in total. The first-order chi connectivity index (χ1) is 13.2. The number of nitrogens with two attached hydrogens (primary N) is 1. The van der Waals surface area contributed by atoms with Crippen molar-refractivity contribution >= 4 is 35.9 Å². The number of aromatic nitrogens is 2. The van der Waals surface area contributed by atoms with Crippen molar-refractivity contribution < 1.29 is 9.84 Å². The molecular formula is C19H31IN6O2. The average molecular weight is 502 g/mol. The summed E-state index contributed by atoms with van der Waals surface area (Å²) in [5.74, 6) is 1.56. The largest absolute Gasteiger partial charge is 0.392 e. The van der Waals surface area contributed by atoms with E-state index >= 15 is 0 Å². The minimum absolute atomic E-state index is 0. The van der Waals surface area contributed by atoms with E-state index in [-0.39, 0.29) is 41.4 Å². The van der Waals surface area contributed by atoms with Gasteiger partial charge in [-0.05, 0) is 31.7 Å². The van der Waals surface area contributed by atoms with E-state index in [2.05, 4.69) is 24.8 Å². The van der Waals surface area contributed by atoms with Gasteiger partial charge >= 0.3 is 0 Å². The number of aliphatic imine (C=N–C) groups is 1. The molecule has 1 spiro atoms. The number of anilines is 1. The lowest BCUT2D eigenvalue weighted by Gasteiger charge is -2.37. The standard InChI is InChI=1S/C19H30N6O2.HI/c20-17(24-8-10-25(11-9-24)18-21-6-1-7-22-18)23-14-15-2-3-19(16(15)26)4-12-27-13-5-19;/h1,6-7,15-16,26H,2-5,8-14H2,(H2,20,23);1H. The van der Waals surface area contributed by atoms with Crippen LogP contribution >= 0.6 is 24.0 Å². The Labute approximate surface area is 183 Å². The Bertz CT molecular complexity index is 647. The molecule has 3 fully saturated rings. The smallest absolute Gasteiger partial charge is 0.225 e. The molecule has 28 heavy (non-hydrogen) atoms. The third-order valence-electron chi connectivity index (χ3n) is 6.50. The molecule has 2 atom stereocenters. The molecule has 2 saturated heterocycles. The second kappa shape index (κ2) is 9.53. The summed E-state index contributed by atoms with van der Waals surface area (Å²) in [6.07, 6.45) is 7.28.